The van der Waals surface area contributed by atoms with E-state index in [4.69, 9.17) is 4.74 Å². The predicted octanol–water partition coefficient (Wildman–Crippen LogP) is 3.74. The Morgan fingerprint density at radius 3 is 2.12 bits per heavy atom. The summed E-state index contributed by atoms with van der Waals surface area (Å²) >= 11 is 0. The van der Waals surface area contributed by atoms with Crippen molar-refractivity contribution in [3.63, 3.8) is 0 Å². The van der Waals surface area contributed by atoms with Crippen molar-refractivity contribution >= 4 is 11.6 Å². The molecule has 2 aliphatic rings. The van der Waals surface area contributed by atoms with E-state index in [1.807, 2.05) is 12.1 Å². The third-order valence-corrected chi connectivity index (χ3v) is 7.18. The highest BCUT2D eigenvalue weighted by Gasteiger charge is 2.58. The summed E-state index contributed by atoms with van der Waals surface area (Å²) in [7, 11) is 1.56. The fraction of sp³-hybridized carbons (Fsp3) is 0.321. The van der Waals surface area contributed by atoms with Gasteiger partial charge in [-0.2, -0.15) is 0 Å². The van der Waals surface area contributed by atoms with Crippen LogP contribution in [-0.4, -0.2) is 59.6 Å². The second-order valence-corrected chi connectivity index (χ2v) is 8.91. The Balaban J connectivity index is 1.47. The highest BCUT2D eigenvalue weighted by Crippen LogP contribution is 2.43. The molecule has 6 heteroatoms. The maximum Gasteiger partial charge on any atom is 0.196 e. The van der Waals surface area contributed by atoms with Gasteiger partial charge in [-0.15, -0.1) is 0 Å². The SMILES string of the molecule is CCc1ccccc1CN1CCN(C2(c3cncc(OC)c3)C(=O)c3ccccc3C2=O)CC1. The second-order valence-electron chi connectivity index (χ2n) is 8.91. The largest absolute Gasteiger partial charge is 0.495 e. The Hall–Kier alpha value is -3.35. The molecule has 0 spiro atoms. The first kappa shape index (κ1) is 22.4. The molecule has 5 rings (SSSR count). The number of benzene rings is 2. The van der Waals surface area contributed by atoms with E-state index >= 15 is 0 Å². The van der Waals surface area contributed by atoms with E-state index in [1.165, 1.54) is 11.1 Å². The van der Waals surface area contributed by atoms with E-state index in [0.717, 1.165) is 26.1 Å². The van der Waals surface area contributed by atoms with Gasteiger partial charge in [-0.1, -0.05) is 55.5 Å². The molecule has 0 atom stereocenters. The quantitative estimate of drug-likeness (QED) is 0.528. The molecule has 0 saturated carbocycles. The average Bonchev–Trinajstić information content (AvgIpc) is 3.12. The summed E-state index contributed by atoms with van der Waals surface area (Å²) in [6.07, 6.45) is 4.23. The van der Waals surface area contributed by atoms with E-state index in [2.05, 4.69) is 46.0 Å². The molecular weight excluding hydrogens is 426 g/mol. The molecule has 0 amide bonds. The first-order valence-corrected chi connectivity index (χ1v) is 11.8. The Morgan fingerprint density at radius 2 is 1.50 bits per heavy atom. The van der Waals surface area contributed by atoms with Gasteiger partial charge in [-0.25, -0.2) is 0 Å². The topological polar surface area (TPSA) is 62.7 Å². The number of ketones is 2. The first-order valence-electron chi connectivity index (χ1n) is 11.8. The molecule has 1 aliphatic heterocycles. The van der Waals surface area contributed by atoms with Crippen LogP contribution in [0.5, 0.6) is 5.75 Å². The van der Waals surface area contributed by atoms with Crippen molar-refractivity contribution in [1.82, 2.24) is 14.8 Å². The molecule has 6 nitrogen and oxygen atoms in total. The predicted molar refractivity (Wildman–Crippen MR) is 130 cm³/mol. The average molecular weight is 456 g/mol. The number of carbonyl (C=O) groups is 2. The monoisotopic (exact) mass is 455 g/mol. The first-order chi connectivity index (χ1) is 16.6. The number of hydrogen-bond acceptors (Lipinski definition) is 6. The van der Waals surface area contributed by atoms with Gasteiger partial charge < -0.3 is 4.74 Å². The van der Waals surface area contributed by atoms with Crippen LogP contribution in [0.3, 0.4) is 0 Å². The molecule has 34 heavy (non-hydrogen) atoms. The number of rotatable bonds is 6. The summed E-state index contributed by atoms with van der Waals surface area (Å²) in [6, 6.07) is 17.5. The molecule has 2 heterocycles. The van der Waals surface area contributed by atoms with E-state index in [1.54, 1.807) is 37.7 Å². The Kier molecular flexibility index (Phi) is 6.02. The highest BCUT2D eigenvalue weighted by molar-refractivity contribution is 6.32. The van der Waals surface area contributed by atoms with Crippen molar-refractivity contribution in [2.75, 3.05) is 33.3 Å². The van der Waals surface area contributed by atoms with Crippen LogP contribution in [0.25, 0.3) is 0 Å². The van der Waals surface area contributed by atoms with Crippen molar-refractivity contribution in [2.45, 2.75) is 25.4 Å². The van der Waals surface area contributed by atoms with Gasteiger partial charge in [0.2, 0.25) is 0 Å². The zero-order valence-electron chi connectivity index (χ0n) is 19.7. The number of aryl methyl sites for hydroxylation is 1. The molecule has 174 valence electrons. The van der Waals surface area contributed by atoms with Crippen LogP contribution < -0.4 is 4.74 Å². The Bertz CT molecular complexity index is 1200. The summed E-state index contributed by atoms with van der Waals surface area (Å²) in [5.41, 5.74) is 2.83. The lowest BCUT2D eigenvalue weighted by Gasteiger charge is -2.44. The van der Waals surface area contributed by atoms with Gasteiger partial charge >= 0.3 is 0 Å². The van der Waals surface area contributed by atoms with E-state index in [-0.39, 0.29) is 11.6 Å². The number of pyridine rings is 1. The van der Waals surface area contributed by atoms with Gasteiger partial charge in [0.05, 0.1) is 13.3 Å². The summed E-state index contributed by atoms with van der Waals surface area (Å²) in [5, 5.41) is 0. The molecule has 1 saturated heterocycles. The van der Waals surface area contributed by atoms with Crippen molar-refractivity contribution in [3.05, 3.63) is 94.8 Å². The van der Waals surface area contributed by atoms with Crippen LogP contribution in [0.1, 0.15) is 44.3 Å². The fourth-order valence-corrected chi connectivity index (χ4v) is 5.37. The second kappa shape index (κ2) is 9.12. The van der Waals surface area contributed by atoms with Gasteiger partial charge in [0, 0.05) is 55.6 Å². The molecule has 2 aromatic carbocycles. The minimum absolute atomic E-state index is 0.173. The van der Waals surface area contributed by atoms with Gasteiger partial charge in [-0.05, 0) is 23.6 Å². The van der Waals surface area contributed by atoms with Gasteiger partial charge in [0.15, 0.2) is 17.1 Å². The normalized spacial score (nSPS) is 18.2. The van der Waals surface area contributed by atoms with Crippen LogP contribution in [-0.2, 0) is 18.5 Å². The number of nitrogens with zero attached hydrogens (tertiary/aromatic N) is 3. The van der Waals surface area contributed by atoms with Crippen LogP contribution in [0.4, 0.5) is 0 Å². The molecule has 1 fully saturated rings. The van der Waals surface area contributed by atoms with Crippen LogP contribution in [0.2, 0.25) is 0 Å². The van der Waals surface area contributed by atoms with Crippen LogP contribution in [0, 0.1) is 0 Å². The molecule has 3 aromatic rings. The van der Waals surface area contributed by atoms with Gasteiger partial charge in [-0.3, -0.25) is 24.4 Å². The highest BCUT2D eigenvalue weighted by atomic mass is 16.5. The minimum Gasteiger partial charge on any atom is -0.495 e. The molecule has 0 unspecified atom stereocenters. The van der Waals surface area contributed by atoms with Crippen LogP contribution in [0.15, 0.2) is 67.0 Å². The van der Waals surface area contributed by atoms with E-state index in [0.29, 0.717) is 35.5 Å². The van der Waals surface area contributed by atoms with Crippen LogP contribution >= 0.6 is 0 Å². The summed E-state index contributed by atoms with van der Waals surface area (Å²) in [6.45, 7) is 5.81. The number of methoxy groups -OCH3 is 1. The number of carbonyl (C=O) groups excluding carboxylic acids is 2. The summed E-state index contributed by atoms with van der Waals surface area (Å²) in [5.74, 6) is 0.184. The molecule has 1 aromatic heterocycles. The number of hydrogen-bond donors (Lipinski definition) is 0. The standard InChI is InChI=1S/C28H29N3O3/c1-3-20-8-4-5-9-21(20)19-30-12-14-31(15-13-30)28(22-16-23(34-2)18-29-17-22)26(32)24-10-6-7-11-25(24)27(28)33/h4-11,16-18H,3,12-15,19H2,1-2H3. The molecule has 0 bridgehead atoms. The molecule has 1 aliphatic carbocycles. The number of fused-ring (bicyclic) bond motifs is 1. The lowest BCUT2D eigenvalue weighted by molar-refractivity contribution is 0.0277. The lowest BCUT2D eigenvalue weighted by atomic mass is 9.83. The van der Waals surface area contributed by atoms with Crippen molar-refractivity contribution in [1.29, 1.82) is 0 Å². The van der Waals surface area contributed by atoms with Gasteiger partial charge in [0.1, 0.15) is 5.75 Å². The Morgan fingerprint density at radius 1 is 0.882 bits per heavy atom. The molecule has 0 radical (unpaired) electrons. The zero-order chi connectivity index (χ0) is 23.7. The van der Waals surface area contributed by atoms with Crippen molar-refractivity contribution in [3.8, 4) is 5.75 Å². The maximum absolute atomic E-state index is 13.9. The number of aromatic nitrogens is 1. The zero-order valence-corrected chi connectivity index (χ0v) is 19.7. The molecule has 0 N–H and O–H groups in total. The third-order valence-electron chi connectivity index (χ3n) is 7.18. The van der Waals surface area contributed by atoms with E-state index in [9.17, 15) is 9.59 Å². The number of piperazine rings is 1. The smallest absolute Gasteiger partial charge is 0.196 e. The fourth-order valence-electron chi connectivity index (χ4n) is 5.37. The number of Topliss-reactive ketones (excluding diaryl/α,β-unsaturated/α-hetero) is 2. The minimum atomic E-state index is -1.40. The lowest BCUT2D eigenvalue weighted by Crippen LogP contribution is -2.60. The maximum atomic E-state index is 13.9. The molecular formula is C28H29N3O3. The van der Waals surface area contributed by atoms with Crippen molar-refractivity contribution < 1.29 is 14.3 Å². The summed E-state index contributed by atoms with van der Waals surface area (Å²) < 4.78 is 5.39. The summed E-state index contributed by atoms with van der Waals surface area (Å²) in [4.78, 5) is 36.6. The Labute approximate surface area is 200 Å². The third kappa shape index (κ3) is 3.54. The van der Waals surface area contributed by atoms with Gasteiger partial charge in [0.25, 0.3) is 0 Å². The van der Waals surface area contributed by atoms with Crippen molar-refractivity contribution in [2.24, 2.45) is 0 Å². The van der Waals surface area contributed by atoms with E-state index < -0.39 is 5.54 Å². The number of ether oxygens (including phenoxy) is 1.